The van der Waals surface area contributed by atoms with E-state index in [1.165, 1.54) is 0 Å². The van der Waals surface area contributed by atoms with E-state index in [0.29, 0.717) is 12.5 Å². The molecule has 2 fully saturated rings. The lowest BCUT2D eigenvalue weighted by Crippen LogP contribution is -2.34. The number of rotatable bonds is 5. The van der Waals surface area contributed by atoms with E-state index < -0.39 is 0 Å². The molecule has 0 bridgehead atoms. The molecule has 3 heterocycles. The number of esters is 1. The van der Waals surface area contributed by atoms with Crippen LogP contribution in [0.5, 0.6) is 0 Å². The zero-order valence-electron chi connectivity index (χ0n) is 14.3. The highest BCUT2D eigenvalue weighted by Crippen LogP contribution is 2.47. The van der Waals surface area contributed by atoms with Gasteiger partial charge in [0.05, 0.1) is 12.5 Å². The maximum absolute atomic E-state index is 11.8. The van der Waals surface area contributed by atoms with Gasteiger partial charge in [-0.3, -0.25) is 9.89 Å². The quantitative estimate of drug-likeness (QED) is 0.825. The number of aromatic amines is 1. The normalized spacial score (nSPS) is 23.5. The number of aromatic nitrogens is 5. The fourth-order valence-corrected chi connectivity index (χ4v) is 3.44. The Kier molecular flexibility index (Phi) is 4.33. The minimum absolute atomic E-state index is 0.0576. The van der Waals surface area contributed by atoms with Gasteiger partial charge in [0, 0.05) is 37.3 Å². The number of hydrogen-bond acceptors (Lipinski definition) is 7. The Morgan fingerprint density at radius 1 is 1.32 bits per heavy atom. The second kappa shape index (κ2) is 6.78. The van der Waals surface area contributed by atoms with E-state index in [2.05, 4.69) is 30.0 Å². The van der Waals surface area contributed by atoms with Crippen molar-refractivity contribution in [1.82, 2.24) is 25.1 Å². The lowest BCUT2D eigenvalue weighted by atomic mass is 9.96. The maximum atomic E-state index is 11.8. The molecule has 1 N–H and O–H groups in total. The van der Waals surface area contributed by atoms with Gasteiger partial charge in [0.25, 0.3) is 0 Å². The molecule has 8 nitrogen and oxygen atoms in total. The third-order valence-corrected chi connectivity index (χ3v) is 4.95. The van der Waals surface area contributed by atoms with Crippen LogP contribution in [-0.4, -0.2) is 50.8 Å². The van der Waals surface area contributed by atoms with Crippen molar-refractivity contribution in [1.29, 1.82) is 0 Å². The standard InChI is InChI=1S/C17H22N6O2/c1-2-25-16(24)13-10-12(13)15-20-14(21-22-15)11-4-8-23(9-5-11)17-18-6-3-7-19-17/h3,6-7,11-13H,2,4-5,8-10H2,1H3,(H,20,21,22)/t12-,13-/m1/s1. The van der Waals surface area contributed by atoms with Crippen molar-refractivity contribution in [2.45, 2.75) is 38.0 Å². The first kappa shape index (κ1) is 16.0. The number of ether oxygens (including phenoxy) is 1. The monoisotopic (exact) mass is 342 g/mol. The summed E-state index contributed by atoms with van der Waals surface area (Å²) in [5.74, 6) is 2.76. The summed E-state index contributed by atoms with van der Waals surface area (Å²) in [6.45, 7) is 4.04. The molecular formula is C17H22N6O2. The summed E-state index contributed by atoms with van der Waals surface area (Å²) in [7, 11) is 0. The minimum Gasteiger partial charge on any atom is -0.466 e. The van der Waals surface area contributed by atoms with Crippen molar-refractivity contribution in [3.8, 4) is 0 Å². The van der Waals surface area contributed by atoms with E-state index in [0.717, 1.165) is 49.9 Å². The van der Waals surface area contributed by atoms with Gasteiger partial charge in [-0.25, -0.2) is 15.0 Å². The molecule has 0 amide bonds. The molecule has 25 heavy (non-hydrogen) atoms. The summed E-state index contributed by atoms with van der Waals surface area (Å²) in [6.07, 6.45) is 6.29. The predicted molar refractivity (Wildman–Crippen MR) is 90.1 cm³/mol. The highest BCUT2D eigenvalue weighted by molar-refractivity contribution is 5.77. The van der Waals surface area contributed by atoms with Gasteiger partial charge in [0.1, 0.15) is 5.82 Å². The van der Waals surface area contributed by atoms with Gasteiger partial charge in [0.2, 0.25) is 5.95 Å². The Morgan fingerprint density at radius 2 is 2.08 bits per heavy atom. The van der Waals surface area contributed by atoms with Gasteiger partial charge in [-0.15, -0.1) is 0 Å². The van der Waals surface area contributed by atoms with Crippen LogP contribution in [0.4, 0.5) is 5.95 Å². The Bertz CT molecular complexity index is 726. The van der Waals surface area contributed by atoms with Gasteiger partial charge in [-0.1, -0.05) is 0 Å². The van der Waals surface area contributed by atoms with Gasteiger partial charge in [-0.2, -0.15) is 5.10 Å². The molecule has 0 spiro atoms. The number of H-pyrrole nitrogens is 1. The van der Waals surface area contributed by atoms with Gasteiger partial charge in [-0.05, 0) is 32.3 Å². The molecule has 132 valence electrons. The molecule has 2 aromatic rings. The summed E-state index contributed by atoms with van der Waals surface area (Å²) in [4.78, 5) is 27.2. The first-order valence-corrected chi connectivity index (χ1v) is 8.87. The molecule has 4 rings (SSSR count). The molecule has 2 aromatic heterocycles. The average Bonchev–Trinajstić information content (AvgIpc) is 3.32. The number of piperidine rings is 1. The number of nitrogens with one attached hydrogen (secondary N) is 1. The van der Waals surface area contributed by atoms with Gasteiger partial charge < -0.3 is 9.64 Å². The smallest absolute Gasteiger partial charge is 0.309 e. The number of hydrogen-bond donors (Lipinski definition) is 1. The van der Waals surface area contributed by atoms with Crippen LogP contribution in [0.2, 0.25) is 0 Å². The predicted octanol–water partition coefficient (Wildman–Crippen LogP) is 1.65. The summed E-state index contributed by atoms with van der Waals surface area (Å²) in [5, 5.41) is 7.43. The molecule has 1 aliphatic heterocycles. The van der Waals surface area contributed by atoms with Crippen LogP contribution in [0.1, 0.15) is 49.7 Å². The highest BCUT2D eigenvalue weighted by atomic mass is 16.5. The van der Waals surface area contributed by atoms with Crippen molar-refractivity contribution in [3.63, 3.8) is 0 Å². The number of carbonyl (C=O) groups excluding carboxylic acids is 1. The first-order chi connectivity index (χ1) is 12.3. The summed E-state index contributed by atoms with van der Waals surface area (Å²) < 4.78 is 5.08. The van der Waals surface area contributed by atoms with E-state index in [4.69, 9.17) is 4.74 Å². The molecular weight excluding hydrogens is 320 g/mol. The lowest BCUT2D eigenvalue weighted by molar-refractivity contribution is -0.144. The molecule has 1 saturated heterocycles. The largest absolute Gasteiger partial charge is 0.466 e. The zero-order chi connectivity index (χ0) is 17.2. The summed E-state index contributed by atoms with van der Waals surface area (Å²) in [6, 6.07) is 1.83. The highest BCUT2D eigenvalue weighted by Gasteiger charge is 2.47. The Morgan fingerprint density at radius 3 is 2.80 bits per heavy atom. The van der Waals surface area contributed by atoms with Crippen molar-refractivity contribution < 1.29 is 9.53 Å². The molecule has 2 aliphatic rings. The number of nitrogens with zero attached hydrogens (tertiary/aromatic N) is 5. The Labute approximate surface area is 146 Å². The average molecular weight is 342 g/mol. The van der Waals surface area contributed by atoms with E-state index in [1.54, 1.807) is 12.4 Å². The lowest BCUT2D eigenvalue weighted by Gasteiger charge is -2.30. The van der Waals surface area contributed by atoms with Gasteiger partial charge >= 0.3 is 5.97 Å². The molecule has 1 aliphatic carbocycles. The van der Waals surface area contributed by atoms with Crippen molar-refractivity contribution in [3.05, 3.63) is 30.1 Å². The third-order valence-electron chi connectivity index (χ3n) is 4.95. The fraction of sp³-hybridized carbons (Fsp3) is 0.588. The first-order valence-electron chi connectivity index (χ1n) is 8.87. The van der Waals surface area contributed by atoms with Crippen LogP contribution in [0.15, 0.2) is 18.5 Å². The van der Waals surface area contributed by atoms with Crippen LogP contribution in [-0.2, 0) is 9.53 Å². The molecule has 0 aromatic carbocycles. The summed E-state index contributed by atoms with van der Waals surface area (Å²) >= 11 is 0. The van der Waals surface area contributed by atoms with Crippen molar-refractivity contribution in [2.24, 2.45) is 5.92 Å². The van der Waals surface area contributed by atoms with E-state index in [-0.39, 0.29) is 17.8 Å². The molecule has 0 radical (unpaired) electrons. The molecule has 0 unspecified atom stereocenters. The minimum atomic E-state index is -0.124. The van der Waals surface area contributed by atoms with Crippen molar-refractivity contribution in [2.75, 3.05) is 24.6 Å². The van der Waals surface area contributed by atoms with Gasteiger partial charge in [0.15, 0.2) is 5.82 Å². The van der Waals surface area contributed by atoms with Crippen molar-refractivity contribution >= 4 is 11.9 Å². The van der Waals surface area contributed by atoms with E-state index in [9.17, 15) is 4.79 Å². The van der Waals surface area contributed by atoms with E-state index >= 15 is 0 Å². The van der Waals surface area contributed by atoms with Crippen LogP contribution in [0, 0.1) is 5.92 Å². The second-order valence-corrected chi connectivity index (χ2v) is 6.59. The van der Waals surface area contributed by atoms with Crippen LogP contribution in [0.3, 0.4) is 0 Å². The second-order valence-electron chi connectivity index (χ2n) is 6.59. The van der Waals surface area contributed by atoms with Crippen LogP contribution in [0.25, 0.3) is 0 Å². The Balaban J connectivity index is 1.34. The molecule has 8 heteroatoms. The number of carbonyl (C=O) groups is 1. The fourth-order valence-electron chi connectivity index (χ4n) is 3.44. The number of anilines is 1. The summed E-state index contributed by atoms with van der Waals surface area (Å²) in [5.41, 5.74) is 0. The Hall–Kier alpha value is -2.51. The van der Waals surface area contributed by atoms with Crippen LogP contribution >= 0.6 is 0 Å². The molecule has 1 saturated carbocycles. The SMILES string of the molecule is CCOC(=O)[C@@H]1C[C@H]1c1nc(C2CCN(c3ncccn3)CC2)n[nH]1. The zero-order valence-corrected chi connectivity index (χ0v) is 14.3. The topological polar surface area (TPSA) is 96.9 Å². The third kappa shape index (κ3) is 3.33. The maximum Gasteiger partial charge on any atom is 0.309 e. The van der Waals surface area contributed by atoms with E-state index in [1.807, 2.05) is 13.0 Å². The molecule has 2 atom stereocenters. The van der Waals surface area contributed by atoms with Crippen LogP contribution < -0.4 is 4.90 Å².